The van der Waals surface area contributed by atoms with Gasteiger partial charge in [0, 0.05) is 18.8 Å². The van der Waals surface area contributed by atoms with Crippen LogP contribution in [0.5, 0.6) is 0 Å². The van der Waals surface area contributed by atoms with E-state index < -0.39 is 0 Å². The van der Waals surface area contributed by atoms with E-state index in [9.17, 15) is 0 Å². The van der Waals surface area contributed by atoms with Crippen LogP contribution >= 0.6 is 0 Å². The van der Waals surface area contributed by atoms with E-state index in [1.807, 2.05) is 23.8 Å². The Bertz CT molecular complexity index is 181. The van der Waals surface area contributed by atoms with E-state index in [1.165, 1.54) is 5.57 Å². The maximum Gasteiger partial charge on any atom is 0.199 e. The Hall–Kier alpha value is -0.990. The van der Waals surface area contributed by atoms with Gasteiger partial charge in [-0.2, -0.15) is 0 Å². The van der Waals surface area contributed by atoms with Crippen LogP contribution in [0.1, 0.15) is 13.3 Å². The van der Waals surface area contributed by atoms with E-state index in [4.69, 9.17) is 0 Å². The zero-order valence-electron chi connectivity index (χ0n) is 6.76. The van der Waals surface area contributed by atoms with E-state index >= 15 is 0 Å². The van der Waals surface area contributed by atoms with Crippen molar-refractivity contribution in [3.8, 4) is 0 Å². The Morgan fingerprint density at radius 1 is 1.70 bits per heavy atom. The van der Waals surface area contributed by atoms with Crippen molar-refractivity contribution >= 4 is 6.21 Å². The molecule has 0 aromatic heterocycles. The number of hydrogen-bond donors (Lipinski definition) is 1. The second-order valence-electron chi connectivity index (χ2n) is 2.51. The molecule has 1 aliphatic heterocycles. The van der Waals surface area contributed by atoms with Crippen LogP contribution in [0.15, 0.2) is 11.8 Å². The van der Waals surface area contributed by atoms with Gasteiger partial charge in [0.2, 0.25) is 0 Å². The van der Waals surface area contributed by atoms with Crippen LogP contribution in [-0.2, 0) is 0 Å². The predicted octanol–water partition coefficient (Wildman–Crippen LogP) is 0.358. The highest BCUT2D eigenvalue weighted by atomic mass is 15.7. The minimum atomic E-state index is 1.08. The minimum Gasteiger partial charge on any atom is -0.250 e. The van der Waals surface area contributed by atoms with Crippen LogP contribution in [-0.4, -0.2) is 30.0 Å². The molecule has 0 saturated carbocycles. The molecule has 1 aliphatic rings. The van der Waals surface area contributed by atoms with Crippen LogP contribution in [0.2, 0.25) is 0 Å². The summed E-state index contributed by atoms with van der Waals surface area (Å²) in [4.78, 5) is 0. The van der Waals surface area contributed by atoms with Crippen LogP contribution in [0.25, 0.3) is 0 Å². The fourth-order valence-corrected chi connectivity index (χ4v) is 1.02. The summed E-state index contributed by atoms with van der Waals surface area (Å²) in [5, 5.41) is 1.94. The van der Waals surface area contributed by atoms with Gasteiger partial charge in [-0.15, -0.1) is 10.2 Å². The highest BCUT2D eigenvalue weighted by molar-refractivity contribution is 5.74. The molecule has 3 nitrogen and oxygen atoms in total. The van der Waals surface area contributed by atoms with Gasteiger partial charge in [-0.05, 0) is 6.42 Å². The summed E-state index contributed by atoms with van der Waals surface area (Å²) < 4.78 is 1.94. The van der Waals surface area contributed by atoms with Gasteiger partial charge in [-0.3, -0.25) is 5.01 Å². The number of nitrogens with one attached hydrogen (secondary N) is 1. The molecule has 1 heterocycles. The Morgan fingerprint density at radius 3 is 2.90 bits per heavy atom. The summed E-state index contributed by atoms with van der Waals surface area (Å²) in [6.07, 6.45) is 5.25. The number of hydrazone groups is 1. The molecule has 0 radical (unpaired) electrons. The second-order valence-corrected chi connectivity index (χ2v) is 2.51. The predicted molar refractivity (Wildman–Crippen MR) is 41.5 cm³/mol. The lowest BCUT2D eigenvalue weighted by Gasteiger charge is -2.16. The summed E-state index contributed by atoms with van der Waals surface area (Å²) in [5.41, 5.74) is 4.42. The van der Waals surface area contributed by atoms with Gasteiger partial charge in [-0.1, -0.05) is 6.92 Å². The third kappa shape index (κ3) is 1.50. The Kier molecular flexibility index (Phi) is 1.94. The van der Waals surface area contributed by atoms with Crippen molar-refractivity contribution in [3.63, 3.8) is 0 Å². The largest absolute Gasteiger partial charge is 0.250 e. The first kappa shape index (κ1) is 7.12. The maximum absolute atomic E-state index is 3.08. The van der Waals surface area contributed by atoms with Crippen molar-refractivity contribution in [2.24, 2.45) is 0 Å². The molecule has 0 aromatic carbocycles. The normalized spacial score (nSPS) is 17.7. The molecule has 56 valence electrons. The third-order valence-corrected chi connectivity index (χ3v) is 1.44. The van der Waals surface area contributed by atoms with Crippen LogP contribution in [0, 0.1) is 0 Å². The van der Waals surface area contributed by atoms with Crippen molar-refractivity contribution in [3.05, 3.63) is 11.8 Å². The molecule has 0 aliphatic carbocycles. The number of nitrogens with zero attached hydrogens (tertiary/aromatic N) is 2. The van der Waals surface area contributed by atoms with E-state index in [-0.39, 0.29) is 0 Å². The van der Waals surface area contributed by atoms with Gasteiger partial charge < -0.3 is 0 Å². The number of allylic oxidation sites excluding steroid dienone is 1. The molecular formula is C7H14N3+. The summed E-state index contributed by atoms with van der Waals surface area (Å²) in [6.45, 7) is 2.15. The Morgan fingerprint density at radius 2 is 2.40 bits per heavy atom. The lowest BCUT2D eigenvalue weighted by Crippen LogP contribution is -2.40. The van der Waals surface area contributed by atoms with Crippen molar-refractivity contribution in [1.29, 1.82) is 0 Å². The van der Waals surface area contributed by atoms with Crippen molar-refractivity contribution < 1.29 is 4.68 Å². The quantitative estimate of drug-likeness (QED) is 0.530. The van der Waals surface area contributed by atoms with Crippen molar-refractivity contribution in [2.75, 3.05) is 14.1 Å². The highest BCUT2D eigenvalue weighted by Crippen LogP contribution is 1.99. The van der Waals surface area contributed by atoms with E-state index in [0.717, 1.165) is 6.42 Å². The van der Waals surface area contributed by atoms with Gasteiger partial charge in [-0.25, -0.2) is 0 Å². The maximum atomic E-state index is 3.08. The fraction of sp³-hybridized carbons (Fsp3) is 0.571. The monoisotopic (exact) mass is 140 g/mol. The summed E-state index contributed by atoms with van der Waals surface area (Å²) >= 11 is 0. The number of hydrazine groups is 2. The highest BCUT2D eigenvalue weighted by Gasteiger charge is 2.07. The van der Waals surface area contributed by atoms with Gasteiger partial charge in [0.15, 0.2) is 13.3 Å². The minimum absolute atomic E-state index is 1.08. The lowest BCUT2D eigenvalue weighted by atomic mass is 10.2. The molecule has 3 heteroatoms. The third-order valence-electron chi connectivity index (χ3n) is 1.44. The molecule has 0 fully saturated rings. The molecule has 0 aromatic rings. The van der Waals surface area contributed by atoms with E-state index in [2.05, 4.69) is 24.9 Å². The topological polar surface area (TPSA) is 18.3 Å². The first-order valence-corrected chi connectivity index (χ1v) is 3.50. The van der Waals surface area contributed by atoms with Crippen LogP contribution in [0.4, 0.5) is 0 Å². The zero-order valence-corrected chi connectivity index (χ0v) is 6.76. The molecule has 10 heavy (non-hydrogen) atoms. The molecule has 0 amide bonds. The van der Waals surface area contributed by atoms with E-state index in [1.54, 1.807) is 0 Å². The fourth-order valence-electron chi connectivity index (χ4n) is 1.02. The first-order valence-electron chi connectivity index (χ1n) is 3.50. The Labute approximate surface area is 61.6 Å². The second kappa shape index (κ2) is 2.73. The zero-order chi connectivity index (χ0) is 7.56. The molecule has 0 saturated heterocycles. The first-order chi connectivity index (χ1) is 4.72. The molecule has 0 atom stereocenters. The smallest absolute Gasteiger partial charge is 0.199 e. The Balaban J connectivity index is 2.72. The number of rotatable bonds is 1. The standard InChI is InChI=1S/C7H14N3/c1-4-7-5-9(2)8-10(3)6-7/h5-6,8H,4H2,1-3H3/q+1. The van der Waals surface area contributed by atoms with Crippen LogP contribution in [0.3, 0.4) is 0 Å². The van der Waals surface area contributed by atoms with Crippen LogP contribution < -0.4 is 5.53 Å². The average molecular weight is 140 g/mol. The van der Waals surface area contributed by atoms with Crippen molar-refractivity contribution in [1.82, 2.24) is 10.5 Å². The lowest BCUT2D eigenvalue weighted by molar-refractivity contribution is -0.585. The molecular weight excluding hydrogens is 126 g/mol. The van der Waals surface area contributed by atoms with Gasteiger partial charge >= 0.3 is 0 Å². The van der Waals surface area contributed by atoms with Gasteiger partial charge in [0.25, 0.3) is 0 Å². The molecule has 0 unspecified atom stereocenters. The molecule has 1 rings (SSSR count). The average Bonchev–Trinajstić information content (AvgIpc) is 1.85. The summed E-state index contributed by atoms with van der Waals surface area (Å²) in [5.74, 6) is 0. The molecule has 0 bridgehead atoms. The summed E-state index contributed by atoms with van der Waals surface area (Å²) in [7, 11) is 3.97. The van der Waals surface area contributed by atoms with Gasteiger partial charge in [0.05, 0.1) is 0 Å². The summed E-state index contributed by atoms with van der Waals surface area (Å²) in [6, 6.07) is 0. The molecule has 0 spiro atoms. The van der Waals surface area contributed by atoms with Crippen molar-refractivity contribution in [2.45, 2.75) is 13.3 Å². The SMILES string of the molecule is CCC1=CN(C)N[N+](C)=C1. The molecule has 1 N–H and O–H groups in total. The van der Waals surface area contributed by atoms with Gasteiger partial charge in [0.1, 0.15) is 0 Å². The number of hydrogen-bond acceptors (Lipinski definition) is 2. The van der Waals surface area contributed by atoms with E-state index in [0.29, 0.717) is 0 Å².